The molecule has 0 amide bonds. The molecule has 2 rings (SSSR count). The molecule has 0 aromatic heterocycles. The van der Waals surface area contributed by atoms with E-state index >= 15 is 0 Å². The van der Waals surface area contributed by atoms with Crippen LogP contribution in [0.15, 0.2) is 33.2 Å². The van der Waals surface area contributed by atoms with E-state index in [1.165, 1.54) is 0 Å². The van der Waals surface area contributed by atoms with Gasteiger partial charge in [0, 0.05) is 22.7 Å². The molecule has 1 aliphatic rings. The molecule has 2 N–H and O–H groups in total. The van der Waals surface area contributed by atoms with Crippen LogP contribution in [0.1, 0.15) is 12.0 Å². The molecule has 94 valence electrons. The fraction of sp³-hybridized carbons (Fsp3) is 0.231. The first kappa shape index (κ1) is 13.0. The van der Waals surface area contributed by atoms with Gasteiger partial charge in [0.05, 0.1) is 11.7 Å². The Morgan fingerprint density at radius 2 is 2.39 bits per heavy atom. The fourth-order valence-electron chi connectivity index (χ4n) is 1.77. The van der Waals surface area contributed by atoms with Crippen molar-refractivity contribution in [3.63, 3.8) is 0 Å². The molecule has 1 aromatic carbocycles. The van der Waals surface area contributed by atoms with Crippen LogP contribution in [0.25, 0.3) is 6.08 Å². The van der Waals surface area contributed by atoms with Gasteiger partial charge < -0.3 is 10.5 Å². The summed E-state index contributed by atoms with van der Waals surface area (Å²) in [7, 11) is 0. The maximum Gasteiger partial charge on any atom is 0.293 e. The molecular weight excluding hydrogens is 296 g/mol. The molecule has 0 radical (unpaired) electrons. The summed E-state index contributed by atoms with van der Waals surface area (Å²) in [6.45, 7) is 0.602. The van der Waals surface area contributed by atoms with Crippen molar-refractivity contribution < 1.29 is 9.53 Å². The van der Waals surface area contributed by atoms with Crippen molar-refractivity contribution in [2.24, 2.45) is 10.7 Å². The summed E-state index contributed by atoms with van der Waals surface area (Å²) in [6.07, 6.45) is 4.49. The highest BCUT2D eigenvalue weighted by atomic mass is 79.9. The van der Waals surface area contributed by atoms with Gasteiger partial charge in [-0.1, -0.05) is 28.1 Å². The summed E-state index contributed by atoms with van der Waals surface area (Å²) < 4.78 is 5.69. The van der Waals surface area contributed by atoms with Crippen LogP contribution in [0.3, 0.4) is 0 Å². The molecule has 1 aliphatic heterocycles. The lowest BCUT2D eigenvalue weighted by molar-refractivity contribution is -0.128. The Kier molecular flexibility index (Phi) is 4.28. The van der Waals surface area contributed by atoms with Gasteiger partial charge >= 0.3 is 0 Å². The molecule has 0 bridgehead atoms. The van der Waals surface area contributed by atoms with Crippen LogP contribution in [0.5, 0.6) is 0 Å². The van der Waals surface area contributed by atoms with Gasteiger partial charge in [-0.25, -0.2) is 0 Å². The van der Waals surface area contributed by atoms with E-state index in [1.54, 1.807) is 0 Å². The fourth-order valence-corrected chi connectivity index (χ4v) is 2.12. The van der Waals surface area contributed by atoms with Crippen LogP contribution in [0, 0.1) is 0 Å². The number of rotatable bonds is 4. The topological polar surface area (TPSA) is 64.7 Å². The van der Waals surface area contributed by atoms with Crippen molar-refractivity contribution in [3.05, 3.63) is 33.8 Å². The lowest BCUT2D eigenvalue weighted by atomic mass is 10.0. The molecular formula is C13H13BrN2O2. The van der Waals surface area contributed by atoms with E-state index in [1.807, 2.05) is 30.5 Å². The van der Waals surface area contributed by atoms with Gasteiger partial charge in [0.1, 0.15) is 6.61 Å². The van der Waals surface area contributed by atoms with Crippen molar-refractivity contribution in [1.29, 1.82) is 0 Å². The first-order valence-corrected chi connectivity index (χ1v) is 6.33. The van der Waals surface area contributed by atoms with Crippen LogP contribution in [0.2, 0.25) is 0 Å². The monoisotopic (exact) mass is 308 g/mol. The Morgan fingerprint density at radius 1 is 1.56 bits per heavy atom. The minimum Gasteiger partial charge on any atom is -0.466 e. The number of fused-ring (bicyclic) bond motifs is 1. The number of aliphatic imine (C=N–C) groups is 1. The van der Waals surface area contributed by atoms with Crippen molar-refractivity contribution in [2.45, 2.75) is 12.5 Å². The lowest BCUT2D eigenvalue weighted by Crippen LogP contribution is -2.28. The molecule has 0 saturated heterocycles. The minimum absolute atomic E-state index is 0.190. The average Bonchev–Trinajstić information content (AvgIpc) is 2.57. The number of carbonyl (C=O) groups is 1. The van der Waals surface area contributed by atoms with Crippen molar-refractivity contribution in [1.82, 2.24) is 0 Å². The third kappa shape index (κ3) is 3.05. The van der Waals surface area contributed by atoms with Gasteiger partial charge in [0.15, 0.2) is 0 Å². The maximum absolute atomic E-state index is 10.2. The SMILES string of the molecule is NC(COC=O)C1=Cc2ccc(Br)cc2N=CC1. The number of nitrogens with zero attached hydrogens (tertiary/aromatic N) is 1. The van der Waals surface area contributed by atoms with Crippen LogP contribution in [-0.2, 0) is 9.53 Å². The molecule has 18 heavy (non-hydrogen) atoms. The first-order valence-electron chi connectivity index (χ1n) is 5.54. The number of hydrogen-bond acceptors (Lipinski definition) is 4. The predicted octanol–water partition coefficient (Wildman–Crippen LogP) is 2.44. The van der Waals surface area contributed by atoms with Gasteiger partial charge in [0.25, 0.3) is 6.47 Å². The van der Waals surface area contributed by atoms with E-state index in [0.29, 0.717) is 12.9 Å². The quantitative estimate of drug-likeness (QED) is 0.869. The third-order valence-electron chi connectivity index (χ3n) is 2.71. The zero-order valence-electron chi connectivity index (χ0n) is 9.67. The van der Waals surface area contributed by atoms with E-state index in [4.69, 9.17) is 10.5 Å². The predicted molar refractivity (Wildman–Crippen MR) is 74.9 cm³/mol. The Morgan fingerprint density at radius 3 is 3.17 bits per heavy atom. The van der Waals surface area contributed by atoms with E-state index in [-0.39, 0.29) is 12.6 Å². The van der Waals surface area contributed by atoms with Gasteiger partial charge in [-0.2, -0.15) is 0 Å². The third-order valence-corrected chi connectivity index (χ3v) is 3.20. The van der Waals surface area contributed by atoms with Crippen molar-refractivity contribution in [2.75, 3.05) is 6.61 Å². The summed E-state index contributed by atoms with van der Waals surface area (Å²) in [6, 6.07) is 5.60. The summed E-state index contributed by atoms with van der Waals surface area (Å²) >= 11 is 3.42. The average molecular weight is 309 g/mol. The summed E-state index contributed by atoms with van der Waals surface area (Å²) in [4.78, 5) is 14.6. The van der Waals surface area contributed by atoms with E-state index in [9.17, 15) is 4.79 Å². The Hall–Kier alpha value is -1.46. The smallest absolute Gasteiger partial charge is 0.293 e. The normalized spacial score (nSPS) is 15.3. The number of hydrogen-bond donors (Lipinski definition) is 1. The van der Waals surface area contributed by atoms with Crippen molar-refractivity contribution >= 4 is 40.4 Å². The highest BCUT2D eigenvalue weighted by Crippen LogP contribution is 2.29. The largest absolute Gasteiger partial charge is 0.466 e. The van der Waals surface area contributed by atoms with Gasteiger partial charge in [-0.05, 0) is 17.7 Å². The molecule has 0 aliphatic carbocycles. The highest BCUT2D eigenvalue weighted by molar-refractivity contribution is 9.10. The molecule has 1 heterocycles. The van der Waals surface area contributed by atoms with Crippen molar-refractivity contribution in [3.8, 4) is 0 Å². The van der Waals surface area contributed by atoms with Crippen LogP contribution < -0.4 is 5.73 Å². The van der Waals surface area contributed by atoms with Gasteiger partial charge in [-0.3, -0.25) is 9.79 Å². The van der Waals surface area contributed by atoms with E-state index in [2.05, 4.69) is 20.9 Å². The second kappa shape index (κ2) is 5.93. The minimum atomic E-state index is -0.295. The Bertz CT molecular complexity index is 512. The van der Waals surface area contributed by atoms with Gasteiger partial charge in [-0.15, -0.1) is 0 Å². The Balaban J connectivity index is 2.27. The zero-order chi connectivity index (χ0) is 13.0. The number of benzene rings is 1. The van der Waals surface area contributed by atoms with E-state index in [0.717, 1.165) is 21.3 Å². The van der Waals surface area contributed by atoms with E-state index < -0.39 is 0 Å². The Labute approximate surface area is 114 Å². The molecule has 0 saturated carbocycles. The summed E-state index contributed by atoms with van der Waals surface area (Å²) in [5.74, 6) is 0. The standard InChI is InChI=1S/C13H13BrN2O2/c14-11-2-1-10-5-9(12(15)7-18-8-17)3-4-16-13(10)6-11/h1-2,4-6,8,12H,3,7,15H2. The van der Waals surface area contributed by atoms with Crippen LogP contribution in [-0.4, -0.2) is 25.3 Å². The maximum atomic E-state index is 10.2. The van der Waals surface area contributed by atoms with Crippen LogP contribution >= 0.6 is 15.9 Å². The molecule has 1 atom stereocenters. The molecule has 1 aromatic rings. The number of halogens is 1. The lowest BCUT2D eigenvalue weighted by Gasteiger charge is -2.12. The second-order valence-electron chi connectivity index (χ2n) is 3.97. The first-order chi connectivity index (χ1) is 8.70. The van der Waals surface area contributed by atoms with Gasteiger partial charge in [0.2, 0.25) is 0 Å². The summed E-state index contributed by atoms with van der Waals surface area (Å²) in [5, 5.41) is 0. The molecule has 5 heteroatoms. The number of carbonyl (C=O) groups excluding carboxylic acids is 1. The number of ether oxygens (including phenoxy) is 1. The molecule has 1 unspecified atom stereocenters. The highest BCUT2D eigenvalue weighted by Gasteiger charge is 2.12. The molecule has 0 spiro atoms. The summed E-state index contributed by atoms with van der Waals surface area (Å²) in [5.41, 5.74) is 8.89. The zero-order valence-corrected chi connectivity index (χ0v) is 11.3. The molecule has 4 nitrogen and oxygen atoms in total. The number of nitrogens with two attached hydrogens (primary N) is 1. The molecule has 0 fully saturated rings. The van der Waals surface area contributed by atoms with Crippen LogP contribution in [0.4, 0.5) is 5.69 Å². The second-order valence-corrected chi connectivity index (χ2v) is 4.89.